The van der Waals surface area contributed by atoms with Gasteiger partial charge in [0.25, 0.3) is 0 Å². The second-order valence-corrected chi connectivity index (χ2v) is 4.07. The second kappa shape index (κ2) is 6.53. The van der Waals surface area contributed by atoms with Crippen LogP contribution in [0.4, 0.5) is 0 Å². The molecule has 0 aliphatic heterocycles. The fourth-order valence-corrected chi connectivity index (χ4v) is 1.62. The maximum absolute atomic E-state index is 4.19. The summed E-state index contributed by atoms with van der Waals surface area (Å²) in [5.41, 5.74) is 2.53. The van der Waals surface area contributed by atoms with E-state index in [0.717, 1.165) is 19.6 Å². The summed E-state index contributed by atoms with van der Waals surface area (Å²) in [5.74, 6) is 0. The van der Waals surface area contributed by atoms with Gasteiger partial charge in [0.1, 0.15) is 0 Å². The van der Waals surface area contributed by atoms with Crippen molar-refractivity contribution in [3.05, 3.63) is 29.6 Å². The average molecular weight is 207 g/mol. The number of aryl methyl sites for hydroxylation is 1. The Morgan fingerprint density at radius 3 is 2.87 bits per heavy atom. The predicted octanol–water partition coefficient (Wildman–Crippen LogP) is 1.43. The molecule has 84 valence electrons. The molecule has 0 aromatic carbocycles. The minimum absolute atomic E-state index is 0.985. The number of pyridine rings is 1. The highest BCUT2D eigenvalue weighted by molar-refractivity contribution is 5.16. The molecule has 1 heterocycles. The molecule has 0 fully saturated rings. The Bertz CT molecular complexity index is 286. The van der Waals surface area contributed by atoms with E-state index in [1.807, 2.05) is 19.4 Å². The van der Waals surface area contributed by atoms with Crippen molar-refractivity contribution in [1.82, 2.24) is 15.2 Å². The van der Waals surface area contributed by atoms with Gasteiger partial charge in [0.2, 0.25) is 0 Å². The fraction of sp³-hybridized carbons (Fsp3) is 0.583. The standard InChI is InChI=1S/C12H21N3/c1-11-7-12(9-14-8-11)10-15(3)6-4-5-13-2/h7-9,13H,4-6,10H2,1-3H3. The lowest BCUT2D eigenvalue weighted by atomic mass is 10.2. The Morgan fingerprint density at radius 1 is 1.40 bits per heavy atom. The van der Waals surface area contributed by atoms with E-state index >= 15 is 0 Å². The van der Waals surface area contributed by atoms with Gasteiger partial charge in [-0.3, -0.25) is 4.98 Å². The number of aromatic nitrogens is 1. The first-order valence-electron chi connectivity index (χ1n) is 5.46. The smallest absolute Gasteiger partial charge is 0.0313 e. The average Bonchev–Trinajstić information content (AvgIpc) is 2.18. The van der Waals surface area contributed by atoms with Crippen molar-refractivity contribution in [2.24, 2.45) is 0 Å². The highest BCUT2D eigenvalue weighted by Gasteiger charge is 2.00. The zero-order chi connectivity index (χ0) is 11.1. The molecule has 1 N–H and O–H groups in total. The summed E-state index contributed by atoms with van der Waals surface area (Å²) >= 11 is 0. The first-order chi connectivity index (χ1) is 7.22. The van der Waals surface area contributed by atoms with Crippen LogP contribution in [0.2, 0.25) is 0 Å². The van der Waals surface area contributed by atoms with Gasteiger partial charge in [-0.25, -0.2) is 0 Å². The fourth-order valence-electron chi connectivity index (χ4n) is 1.62. The monoisotopic (exact) mass is 207 g/mol. The third-order valence-electron chi connectivity index (χ3n) is 2.35. The number of hydrogen-bond donors (Lipinski definition) is 1. The molecule has 0 saturated carbocycles. The third-order valence-corrected chi connectivity index (χ3v) is 2.35. The summed E-state index contributed by atoms with van der Waals surface area (Å²) in [4.78, 5) is 6.52. The zero-order valence-electron chi connectivity index (χ0n) is 9.95. The molecule has 1 rings (SSSR count). The maximum Gasteiger partial charge on any atom is 0.0313 e. The van der Waals surface area contributed by atoms with E-state index in [9.17, 15) is 0 Å². The molecule has 0 amide bonds. The Hall–Kier alpha value is -0.930. The van der Waals surface area contributed by atoms with Crippen LogP contribution in [-0.2, 0) is 6.54 Å². The van der Waals surface area contributed by atoms with Gasteiger partial charge in [0.15, 0.2) is 0 Å². The van der Waals surface area contributed by atoms with Crippen LogP contribution in [0.1, 0.15) is 17.5 Å². The van der Waals surface area contributed by atoms with Gasteiger partial charge in [-0.2, -0.15) is 0 Å². The molecule has 1 aromatic rings. The first kappa shape index (κ1) is 12.1. The van der Waals surface area contributed by atoms with Crippen molar-refractivity contribution in [3.63, 3.8) is 0 Å². The summed E-state index contributed by atoms with van der Waals surface area (Å²) in [6.07, 6.45) is 5.03. The number of nitrogens with zero attached hydrogens (tertiary/aromatic N) is 2. The molecule has 3 heteroatoms. The van der Waals surface area contributed by atoms with Gasteiger partial charge in [0.05, 0.1) is 0 Å². The predicted molar refractivity (Wildman–Crippen MR) is 63.9 cm³/mol. The van der Waals surface area contributed by atoms with E-state index in [0.29, 0.717) is 0 Å². The zero-order valence-corrected chi connectivity index (χ0v) is 9.95. The highest BCUT2D eigenvalue weighted by atomic mass is 15.1. The van der Waals surface area contributed by atoms with Crippen LogP contribution >= 0.6 is 0 Å². The molecule has 0 spiro atoms. The Kier molecular flexibility index (Phi) is 5.29. The largest absolute Gasteiger partial charge is 0.320 e. The molecular weight excluding hydrogens is 186 g/mol. The van der Waals surface area contributed by atoms with Gasteiger partial charge in [-0.05, 0) is 51.7 Å². The van der Waals surface area contributed by atoms with E-state index in [1.54, 1.807) is 0 Å². The van der Waals surface area contributed by atoms with E-state index in [1.165, 1.54) is 17.5 Å². The van der Waals surface area contributed by atoms with E-state index in [2.05, 4.69) is 35.2 Å². The van der Waals surface area contributed by atoms with Gasteiger partial charge >= 0.3 is 0 Å². The molecule has 0 aliphatic rings. The second-order valence-electron chi connectivity index (χ2n) is 4.07. The van der Waals surface area contributed by atoms with Crippen molar-refractivity contribution in [1.29, 1.82) is 0 Å². The van der Waals surface area contributed by atoms with Crippen molar-refractivity contribution >= 4 is 0 Å². The summed E-state index contributed by atoms with van der Waals surface area (Å²) in [7, 11) is 4.14. The minimum Gasteiger partial charge on any atom is -0.320 e. The molecule has 0 unspecified atom stereocenters. The van der Waals surface area contributed by atoms with Gasteiger partial charge < -0.3 is 10.2 Å². The van der Waals surface area contributed by atoms with E-state index in [4.69, 9.17) is 0 Å². The van der Waals surface area contributed by atoms with Crippen molar-refractivity contribution in [2.45, 2.75) is 19.9 Å². The van der Waals surface area contributed by atoms with Crippen molar-refractivity contribution in [3.8, 4) is 0 Å². The number of nitrogens with one attached hydrogen (secondary N) is 1. The van der Waals surface area contributed by atoms with Crippen molar-refractivity contribution in [2.75, 3.05) is 27.2 Å². The van der Waals surface area contributed by atoms with Crippen LogP contribution in [0.25, 0.3) is 0 Å². The van der Waals surface area contributed by atoms with Crippen LogP contribution in [0.3, 0.4) is 0 Å². The Morgan fingerprint density at radius 2 is 2.20 bits per heavy atom. The maximum atomic E-state index is 4.19. The molecule has 15 heavy (non-hydrogen) atoms. The summed E-state index contributed by atoms with van der Waals surface area (Å²) < 4.78 is 0. The first-order valence-corrected chi connectivity index (χ1v) is 5.46. The lowest BCUT2D eigenvalue weighted by Gasteiger charge is -2.16. The number of hydrogen-bond acceptors (Lipinski definition) is 3. The Labute approximate surface area is 92.5 Å². The van der Waals surface area contributed by atoms with Crippen LogP contribution < -0.4 is 5.32 Å². The van der Waals surface area contributed by atoms with Crippen LogP contribution in [-0.4, -0.2) is 37.1 Å². The van der Waals surface area contributed by atoms with E-state index in [-0.39, 0.29) is 0 Å². The van der Waals surface area contributed by atoms with Gasteiger partial charge in [-0.15, -0.1) is 0 Å². The van der Waals surface area contributed by atoms with E-state index < -0.39 is 0 Å². The quantitative estimate of drug-likeness (QED) is 0.715. The third kappa shape index (κ3) is 4.91. The SMILES string of the molecule is CNCCCN(C)Cc1cncc(C)c1. The van der Waals surface area contributed by atoms with Gasteiger partial charge in [0, 0.05) is 18.9 Å². The van der Waals surface area contributed by atoms with Crippen molar-refractivity contribution < 1.29 is 0 Å². The topological polar surface area (TPSA) is 28.2 Å². The molecule has 0 bridgehead atoms. The normalized spacial score (nSPS) is 10.9. The molecule has 0 aliphatic carbocycles. The van der Waals surface area contributed by atoms with Crippen LogP contribution in [0.15, 0.2) is 18.5 Å². The lowest BCUT2D eigenvalue weighted by molar-refractivity contribution is 0.320. The molecule has 0 atom stereocenters. The molecular formula is C12H21N3. The van der Waals surface area contributed by atoms with Crippen LogP contribution in [0.5, 0.6) is 0 Å². The van der Waals surface area contributed by atoms with Crippen LogP contribution in [0, 0.1) is 6.92 Å². The number of rotatable bonds is 6. The summed E-state index contributed by atoms with van der Waals surface area (Å²) in [6, 6.07) is 2.20. The van der Waals surface area contributed by atoms with Gasteiger partial charge in [-0.1, -0.05) is 6.07 Å². The Balaban J connectivity index is 2.34. The summed E-state index contributed by atoms with van der Waals surface area (Å²) in [6.45, 7) is 5.26. The lowest BCUT2D eigenvalue weighted by Crippen LogP contribution is -2.22. The summed E-state index contributed by atoms with van der Waals surface area (Å²) in [5, 5.41) is 3.16. The molecule has 1 aromatic heterocycles. The molecule has 3 nitrogen and oxygen atoms in total. The molecule has 0 saturated heterocycles. The minimum atomic E-state index is 0.985. The molecule has 0 radical (unpaired) electrons. The highest BCUT2D eigenvalue weighted by Crippen LogP contribution is 2.04.